The summed E-state index contributed by atoms with van der Waals surface area (Å²) in [5, 5.41) is 3.78. The molecule has 3 heterocycles. The summed E-state index contributed by atoms with van der Waals surface area (Å²) in [5.41, 5.74) is 1.31. The zero-order valence-corrected chi connectivity index (χ0v) is 17.7. The van der Waals surface area contributed by atoms with Crippen molar-refractivity contribution in [1.82, 2.24) is 14.3 Å². The van der Waals surface area contributed by atoms with E-state index in [0.29, 0.717) is 48.4 Å². The Morgan fingerprint density at radius 1 is 1.17 bits per heavy atom. The number of ketones is 1. The lowest BCUT2D eigenvalue weighted by molar-refractivity contribution is 0.0730. The van der Waals surface area contributed by atoms with Gasteiger partial charge in [0.2, 0.25) is 15.8 Å². The van der Waals surface area contributed by atoms with Crippen LogP contribution in [0, 0.1) is 0 Å². The molecule has 8 nitrogen and oxygen atoms in total. The number of hydrogen-bond donors (Lipinski definition) is 1. The number of pyridine rings is 1. The lowest BCUT2D eigenvalue weighted by Crippen LogP contribution is -2.40. The first-order valence-electron chi connectivity index (χ1n) is 9.35. The van der Waals surface area contributed by atoms with Gasteiger partial charge in [0, 0.05) is 37.6 Å². The Kier molecular flexibility index (Phi) is 6.18. The quantitative estimate of drug-likeness (QED) is 0.558. The normalized spacial score (nSPS) is 15.1. The van der Waals surface area contributed by atoms with E-state index < -0.39 is 10.0 Å². The Morgan fingerprint density at radius 2 is 2.00 bits per heavy atom. The number of morpholine rings is 1. The molecule has 10 heteroatoms. The average molecular weight is 445 g/mol. The molecule has 0 atom stereocenters. The highest BCUT2D eigenvalue weighted by Crippen LogP contribution is 2.24. The van der Waals surface area contributed by atoms with Gasteiger partial charge in [-0.25, -0.2) is 13.4 Å². The zero-order valence-electron chi connectivity index (χ0n) is 16.0. The maximum Gasteiger partial charge on any atom is 0.243 e. The monoisotopic (exact) mass is 444 g/mol. The molecule has 0 bridgehead atoms. The van der Waals surface area contributed by atoms with Crippen LogP contribution in [0.15, 0.2) is 59.9 Å². The van der Waals surface area contributed by atoms with E-state index >= 15 is 0 Å². The van der Waals surface area contributed by atoms with Gasteiger partial charge in [-0.05, 0) is 23.8 Å². The number of benzene rings is 1. The minimum Gasteiger partial charge on any atom is -0.379 e. The summed E-state index contributed by atoms with van der Waals surface area (Å²) in [4.78, 5) is 21.7. The van der Waals surface area contributed by atoms with E-state index in [4.69, 9.17) is 4.74 Å². The molecule has 0 saturated carbocycles. The summed E-state index contributed by atoms with van der Waals surface area (Å²) in [6, 6.07) is 9.93. The SMILES string of the molecule is O=C(c1cccc(S(=O)(=O)N2CCOCC2)c1)c1cnc(NCc2cccnc2)s1. The Labute approximate surface area is 178 Å². The van der Waals surface area contributed by atoms with Crippen molar-refractivity contribution in [2.24, 2.45) is 0 Å². The fraction of sp³-hybridized carbons (Fsp3) is 0.250. The van der Waals surface area contributed by atoms with Gasteiger partial charge in [-0.15, -0.1) is 0 Å². The summed E-state index contributed by atoms with van der Waals surface area (Å²) in [6.07, 6.45) is 4.96. The lowest BCUT2D eigenvalue weighted by Gasteiger charge is -2.26. The third kappa shape index (κ3) is 4.57. The largest absolute Gasteiger partial charge is 0.379 e. The predicted octanol–water partition coefficient (Wildman–Crippen LogP) is 2.40. The summed E-state index contributed by atoms with van der Waals surface area (Å²) < 4.78 is 32.3. The highest BCUT2D eigenvalue weighted by atomic mass is 32.2. The van der Waals surface area contributed by atoms with Crippen molar-refractivity contribution >= 4 is 32.3 Å². The van der Waals surface area contributed by atoms with Crippen LogP contribution < -0.4 is 5.32 Å². The zero-order chi connectivity index (χ0) is 21.0. The maximum atomic E-state index is 12.9. The molecule has 1 aliphatic heterocycles. The molecule has 0 spiro atoms. The van der Waals surface area contributed by atoms with E-state index in [-0.39, 0.29) is 10.7 Å². The number of sulfonamides is 1. The van der Waals surface area contributed by atoms with Crippen molar-refractivity contribution in [2.45, 2.75) is 11.4 Å². The van der Waals surface area contributed by atoms with Gasteiger partial charge in [-0.3, -0.25) is 9.78 Å². The van der Waals surface area contributed by atoms with Gasteiger partial charge in [0.05, 0.1) is 29.2 Å². The molecule has 1 aromatic carbocycles. The molecule has 156 valence electrons. The second kappa shape index (κ2) is 9.00. The molecular formula is C20H20N4O4S2. The van der Waals surface area contributed by atoms with Crippen molar-refractivity contribution in [1.29, 1.82) is 0 Å². The number of nitrogens with one attached hydrogen (secondary N) is 1. The molecule has 0 unspecified atom stereocenters. The van der Waals surface area contributed by atoms with Crippen LogP contribution in [-0.2, 0) is 21.3 Å². The number of carbonyl (C=O) groups is 1. The number of thiazole rings is 1. The van der Waals surface area contributed by atoms with E-state index in [9.17, 15) is 13.2 Å². The molecule has 0 radical (unpaired) electrons. The van der Waals surface area contributed by atoms with Gasteiger partial charge in [0.15, 0.2) is 5.13 Å². The molecule has 0 aliphatic carbocycles. The number of nitrogens with zero attached hydrogens (tertiary/aromatic N) is 3. The number of carbonyl (C=O) groups excluding carboxylic acids is 1. The topological polar surface area (TPSA) is 101 Å². The van der Waals surface area contributed by atoms with Crippen LogP contribution in [0.25, 0.3) is 0 Å². The summed E-state index contributed by atoms with van der Waals surface area (Å²) in [7, 11) is -3.66. The summed E-state index contributed by atoms with van der Waals surface area (Å²) in [5.74, 6) is -0.263. The van der Waals surface area contributed by atoms with E-state index in [1.165, 1.54) is 34.0 Å². The van der Waals surface area contributed by atoms with Crippen LogP contribution in [0.2, 0.25) is 0 Å². The lowest BCUT2D eigenvalue weighted by atomic mass is 10.1. The van der Waals surface area contributed by atoms with Crippen molar-refractivity contribution in [3.8, 4) is 0 Å². The third-order valence-corrected chi connectivity index (χ3v) is 7.45. The molecule has 1 saturated heterocycles. The minimum atomic E-state index is -3.66. The van der Waals surface area contributed by atoms with Crippen LogP contribution >= 0.6 is 11.3 Å². The Balaban J connectivity index is 1.49. The molecule has 1 fully saturated rings. The van der Waals surface area contributed by atoms with Gasteiger partial charge in [0.25, 0.3) is 0 Å². The van der Waals surface area contributed by atoms with E-state index in [0.717, 1.165) is 5.56 Å². The molecule has 2 aromatic heterocycles. The van der Waals surface area contributed by atoms with E-state index in [2.05, 4.69) is 15.3 Å². The van der Waals surface area contributed by atoms with Gasteiger partial charge in [-0.2, -0.15) is 4.31 Å². The first-order valence-corrected chi connectivity index (χ1v) is 11.6. The number of ether oxygens (including phenoxy) is 1. The first kappa shape index (κ1) is 20.6. The van der Waals surface area contributed by atoms with Crippen molar-refractivity contribution in [2.75, 3.05) is 31.6 Å². The molecule has 4 rings (SSSR count). The fourth-order valence-electron chi connectivity index (χ4n) is 3.02. The molecular weight excluding hydrogens is 424 g/mol. The van der Waals surface area contributed by atoms with Gasteiger partial charge >= 0.3 is 0 Å². The highest BCUT2D eigenvalue weighted by molar-refractivity contribution is 7.89. The van der Waals surface area contributed by atoms with Gasteiger partial charge in [0.1, 0.15) is 0 Å². The number of rotatable bonds is 7. The molecule has 30 heavy (non-hydrogen) atoms. The summed E-state index contributed by atoms with van der Waals surface area (Å²) in [6.45, 7) is 1.89. The summed E-state index contributed by atoms with van der Waals surface area (Å²) >= 11 is 1.23. The third-order valence-electron chi connectivity index (χ3n) is 4.60. The van der Waals surface area contributed by atoms with Crippen molar-refractivity contribution in [3.05, 3.63) is 71.0 Å². The number of aromatic nitrogens is 2. The predicted molar refractivity (Wildman–Crippen MR) is 113 cm³/mol. The van der Waals surface area contributed by atoms with Crippen molar-refractivity contribution in [3.63, 3.8) is 0 Å². The fourth-order valence-corrected chi connectivity index (χ4v) is 5.25. The van der Waals surface area contributed by atoms with Crippen LogP contribution in [0.3, 0.4) is 0 Å². The molecule has 1 aliphatic rings. The molecule has 1 N–H and O–H groups in total. The molecule has 0 amide bonds. The maximum absolute atomic E-state index is 12.9. The van der Waals surface area contributed by atoms with Gasteiger partial charge in [-0.1, -0.05) is 29.5 Å². The smallest absolute Gasteiger partial charge is 0.243 e. The standard InChI is InChI=1S/C20H20N4O4S2/c25-19(18-14-23-20(29-18)22-13-15-3-2-6-21-12-15)16-4-1-5-17(11-16)30(26,27)24-7-9-28-10-8-24/h1-6,11-12,14H,7-10,13H2,(H,22,23). The van der Waals surface area contributed by atoms with E-state index in [1.807, 2.05) is 12.1 Å². The van der Waals surface area contributed by atoms with Crippen LogP contribution in [0.4, 0.5) is 5.13 Å². The molecule has 3 aromatic rings. The first-order chi connectivity index (χ1) is 14.5. The number of anilines is 1. The second-order valence-corrected chi connectivity index (χ2v) is 9.59. The van der Waals surface area contributed by atoms with Gasteiger partial charge < -0.3 is 10.1 Å². The highest BCUT2D eigenvalue weighted by Gasteiger charge is 2.27. The van der Waals surface area contributed by atoms with Crippen LogP contribution in [-0.4, -0.2) is 54.8 Å². The van der Waals surface area contributed by atoms with Crippen LogP contribution in [0.1, 0.15) is 20.8 Å². The van der Waals surface area contributed by atoms with E-state index in [1.54, 1.807) is 24.5 Å². The number of hydrogen-bond acceptors (Lipinski definition) is 8. The minimum absolute atomic E-state index is 0.106. The second-order valence-electron chi connectivity index (χ2n) is 6.62. The van der Waals surface area contributed by atoms with Crippen LogP contribution in [0.5, 0.6) is 0 Å². The Morgan fingerprint density at radius 3 is 2.77 bits per heavy atom. The Bertz CT molecular complexity index is 1130. The Hall–Kier alpha value is -2.66. The average Bonchev–Trinajstić information content (AvgIpc) is 3.28. The van der Waals surface area contributed by atoms with Crippen molar-refractivity contribution < 1.29 is 17.9 Å².